The van der Waals surface area contributed by atoms with Crippen LogP contribution in [0.25, 0.3) is 0 Å². The predicted molar refractivity (Wildman–Crippen MR) is 72.8 cm³/mol. The molecule has 0 spiro atoms. The van der Waals surface area contributed by atoms with E-state index < -0.39 is 6.10 Å². The van der Waals surface area contributed by atoms with Gasteiger partial charge in [-0.2, -0.15) is 5.10 Å². The summed E-state index contributed by atoms with van der Waals surface area (Å²) in [7, 11) is 1.70. The third-order valence-corrected chi connectivity index (χ3v) is 3.34. The minimum absolute atomic E-state index is 0.202. The van der Waals surface area contributed by atoms with Gasteiger partial charge in [-0.1, -0.05) is 20.8 Å². The van der Waals surface area contributed by atoms with Crippen molar-refractivity contribution in [3.05, 3.63) is 17.0 Å². The van der Waals surface area contributed by atoms with Gasteiger partial charge in [-0.15, -0.1) is 0 Å². The van der Waals surface area contributed by atoms with Gasteiger partial charge in [0.05, 0.1) is 24.4 Å². The van der Waals surface area contributed by atoms with E-state index in [1.54, 1.807) is 7.11 Å². The van der Waals surface area contributed by atoms with Gasteiger partial charge < -0.3 is 9.84 Å². The third kappa shape index (κ3) is 2.93. The molecular formula is C14H26N2O2. The molecule has 4 nitrogen and oxygen atoms in total. The molecule has 1 aromatic heterocycles. The molecule has 0 aliphatic rings. The van der Waals surface area contributed by atoms with Crippen molar-refractivity contribution in [2.24, 2.45) is 0 Å². The SMILES string of the molecule is CCc1nn(C(C)COC)c(CC)c1C(O)CC. The number of aliphatic hydroxyl groups is 1. The summed E-state index contributed by atoms with van der Waals surface area (Å²) in [6, 6.07) is 0.202. The number of aliphatic hydroxyl groups excluding tert-OH is 1. The van der Waals surface area contributed by atoms with Crippen LogP contribution in [-0.2, 0) is 17.6 Å². The van der Waals surface area contributed by atoms with Crippen molar-refractivity contribution in [3.63, 3.8) is 0 Å². The second-order valence-corrected chi connectivity index (χ2v) is 4.69. The maximum atomic E-state index is 10.2. The van der Waals surface area contributed by atoms with E-state index in [4.69, 9.17) is 4.74 Å². The first-order valence-corrected chi connectivity index (χ1v) is 6.87. The van der Waals surface area contributed by atoms with Crippen LogP contribution in [-0.4, -0.2) is 28.6 Å². The molecule has 0 amide bonds. The topological polar surface area (TPSA) is 47.3 Å². The van der Waals surface area contributed by atoms with Crippen LogP contribution < -0.4 is 0 Å². The van der Waals surface area contributed by atoms with Gasteiger partial charge in [0, 0.05) is 18.4 Å². The number of aryl methyl sites for hydroxylation is 1. The molecule has 4 heteroatoms. The quantitative estimate of drug-likeness (QED) is 0.813. The smallest absolute Gasteiger partial charge is 0.0823 e. The monoisotopic (exact) mass is 254 g/mol. The Bertz CT molecular complexity index is 374. The molecule has 2 unspecified atom stereocenters. The number of ether oxygens (including phenoxy) is 1. The van der Waals surface area contributed by atoms with Crippen molar-refractivity contribution >= 4 is 0 Å². The van der Waals surface area contributed by atoms with E-state index in [1.807, 2.05) is 11.6 Å². The second kappa shape index (κ2) is 6.90. The molecule has 0 fully saturated rings. The average molecular weight is 254 g/mol. The Morgan fingerprint density at radius 1 is 1.28 bits per heavy atom. The second-order valence-electron chi connectivity index (χ2n) is 4.69. The zero-order valence-electron chi connectivity index (χ0n) is 12.2. The van der Waals surface area contributed by atoms with E-state index in [2.05, 4.69) is 25.9 Å². The van der Waals surface area contributed by atoms with Crippen molar-refractivity contribution in [1.82, 2.24) is 9.78 Å². The minimum Gasteiger partial charge on any atom is -0.388 e. The molecule has 2 atom stereocenters. The molecule has 0 aliphatic carbocycles. The molecule has 0 bridgehead atoms. The van der Waals surface area contributed by atoms with Crippen molar-refractivity contribution in [1.29, 1.82) is 0 Å². The summed E-state index contributed by atoms with van der Waals surface area (Å²) < 4.78 is 7.23. The summed E-state index contributed by atoms with van der Waals surface area (Å²) in [4.78, 5) is 0. The molecule has 0 saturated carbocycles. The summed E-state index contributed by atoms with van der Waals surface area (Å²) in [5.74, 6) is 0. The number of methoxy groups -OCH3 is 1. The third-order valence-electron chi connectivity index (χ3n) is 3.34. The fourth-order valence-corrected chi connectivity index (χ4v) is 2.41. The lowest BCUT2D eigenvalue weighted by Gasteiger charge is -2.16. The molecule has 1 aromatic rings. The van der Waals surface area contributed by atoms with Crippen LogP contribution >= 0.6 is 0 Å². The first-order chi connectivity index (χ1) is 8.60. The van der Waals surface area contributed by atoms with Crippen LogP contribution in [0.2, 0.25) is 0 Å². The van der Waals surface area contributed by atoms with Crippen molar-refractivity contribution in [2.75, 3.05) is 13.7 Å². The summed E-state index contributed by atoms with van der Waals surface area (Å²) in [5.41, 5.74) is 3.19. The molecule has 1 N–H and O–H groups in total. The van der Waals surface area contributed by atoms with Crippen molar-refractivity contribution in [2.45, 2.75) is 59.1 Å². The zero-order valence-corrected chi connectivity index (χ0v) is 12.2. The van der Waals surface area contributed by atoms with Gasteiger partial charge in [-0.3, -0.25) is 4.68 Å². The predicted octanol–water partition coefficient (Wildman–Crippen LogP) is 2.66. The van der Waals surface area contributed by atoms with Crippen LogP contribution in [0, 0.1) is 0 Å². The largest absolute Gasteiger partial charge is 0.388 e. The maximum Gasteiger partial charge on any atom is 0.0823 e. The van der Waals surface area contributed by atoms with Crippen LogP contribution in [0.3, 0.4) is 0 Å². The Balaban J connectivity index is 3.23. The summed E-state index contributed by atoms with van der Waals surface area (Å²) >= 11 is 0. The first-order valence-electron chi connectivity index (χ1n) is 6.87. The minimum atomic E-state index is -0.404. The average Bonchev–Trinajstić information content (AvgIpc) is 2.76. The van der Waals surface area contributed by atoms with Crippen LogP contribution in [0.4, 0.5) is 0 Å². The highest BCUT2D eigenvalue weighted by atomic mass is 16.5. The molecule has 104 valence electrons. The summed E-state index contributed by atoms with van der Waals surface area (Å²) in [6.07, 6.45) is 2.06. The Labute approximate surface area is 110 Å². The van der Waals surface area contributed by atoms with Gasteiger partial charge in [0.25, 0.3) is 0 Å². The number of rotatable bonds is 7. The lowest BCUT2D eigenvalue weighted by atomic mass is 10.0. The van der Waals surface area contributed by atoms with Crippen molar-refractivity contribution < 1.29 is 9.84 Å². The van der Waals surface area contributed by atoms with Crippen LogP contribution in [0.5, 0.6) is 0 Å². The molecular weight excluding hydrogens is 228 g/mol. The fraction of sp³-hybridized carbons (Fsp3) is 0.786. The van der Waals surface area contributed by atoms with Gasteiger partial charge in [0.1, 0.15) is 0 Å². The fourth-order valence-electron chi connectivity index (χ4n) is 2.41. The van der Waals surface area contributed by atoms with Crippen LogP contribution in [0.1, 0.15) is 63.2 Å². The standard InChI is InChI=1S/C14H26N2O2/c1-6-11-14(13(17)8-3)12(7-2)16(15-11)10(4)9-18-5/h10,13,17H,6-9H2,1-5H3. The Morgan fingerprint density at radius 2 is 1.94 bits per heavy atom. The molecule has 1 heterocycles. The summed E-state index contributed by atoms with van der Waals surface area (Å²) in [6.45, 7) is 8.92. The molecule has 18 heavy (non-hydrogen) atoms. The number of hydrogen-bond donors (Lipinski definition) is 1. The highest BCUT2D eigenvalue weighted by Gasteiger charge is 2.22. The van der Waals surface area contributed by atoms with Gasteiger partial charge in [0.15, 0.2) is 0 Å². The van der Waals surface area contributed by atoms with Gasteiger partial charge >= 0.3 is 0 Å². The van der Waals surface area contributed by atoms with Gasteiger partial charge in [-0.05, 0) is 26.2 Å². The Hall–Kier alpha value is -0.870. The molecule has 0 aromatic carbocycles. The zero-order chi connectivity index (χ0) is 13.7. The normalized spacial score (nSPS) is 14.8. The van der Waals surface area contributed by atoms with E-state index in [0.717, 1.165) is 36.2 Å². The first kappa shape index (κ1) is 15.2. The van der Waals surface area contributed by atoms with E-state index in [9.17, 15) is 5.11 Å². The van der Waals surface area contributed by atoms with E-state index in [1.165, 1.54) is 0 Å². The molecule has 0 aliphatic heterocycles. The lowest BCUT2D eigenvalue weighted by Crippen LogP contribution is -2.15. The van der Waals surface area contributed by atoms with Gasteiger partial charge in [0.2, 0.25) is 0 Å². The van der Waals surface area contributed by atoms with E-state index in [-0.39, 0.29) is 6.04 Å². The molecule has 1 rings (SSSR count). The highest BCUT2D eigenvalue weighted by Crippen LogP contribution is 2.27. The molecule has 0 radical (unpaired) electrons. The Morgan fingerprint density at radius 3 is 2.39 bits per heavy atom. The number of hydrogen-bond acceptors (Lipinski definition) is 3. The Kier molecular flexibility index (Phi) is 5.82. The van der Waals surface area contributed by atoms with Gasteiger partial charge in [-0.25, -0.2) is 0 Å². The number of aromatic nitrogens is 2. The van der Waals surface area contributed by atoms with E-state index in [0.29, 0.717) is 6.61 Å². The van der Waals surface area contributed by atoms with Crippen LogP contribution in [0.15, 0.2) is 0 Å². The molecule has 0 saturated heterocycles. The van der Waals surface area contributed by atoms with Crippen molar-refractivity contribution in [3.8, 4) is 0 Å². The number of nitrogens with zero attached hydrogens (tertiary/aromatic N) is 2. The summed E-state index contributed by atoms with van der Waals surface area (Å²) in [5, 5.41) is 14.9. The highest BCUT2D eigenvalue weighted by molar-refractivity contribution is 5.29. The maximum absolute atomic E-state index is 10.2. The lowest BCUT2D eigenvalue weighted by molar-refractivity contribution is 0.154. The van der Waals surface area contributed by atoms with E-state index >= 15 is 0 Å².